The number of carbonyl (C=O) groups is 2. The predicted octanol–water partition coefficient (Wildman–Crippen LogP) is 2.35. The molecular formula is C18H21N3O2. The first-order chi connectivity index (χ1) is 10.9. The Kier molecular flexibility index (Phi) is 3.80. The van der Waals surface area contributed by atoms with E-state index in [1.807, 2.05) is 30.3 Å². The van der Waals surface area contributed by atoms with Gasteiger partial charge in [-0.3, -0.25) is 14.6 Å². The molecule has 0 bridgehead atoms. The van der Waals surface area contributed by atoms with Gasteiger partial charge in [-0.05, 0) is 38.8 Å². The van der Waals surface area contributed by atoms with E-state index in [0.29, 0.717) is 11.5 Å². The second kappa shape index (κ2) is 5.65. The lowest BCUT2D eigenvalue weighted by Crippen LogP contribution is -2.42. The van der Waals surface area contributed by atoms with Crippen LogP contribution in [-0.4, -0.2) is 23.3 Å². The third-order valence-electron chi connectivity index (χ3n) is 4.33. The lowest BCUT2D eigenvalue weighted by atomic mass is 9.92. The number of amides is 2. The Morgan fingerprint density at radius 3 is 2.65 bits per heavy atom. The molecule has 1 saturated carbocycles. The number of hydrogen-bond donors (Lipinski definition) is 2. The van der Waals surface area contributed by atoms with Crippen molar-refractivity contribution in [1.82, 2.24) is 10.3 Å². The Balaban J connectivity index is 1.91. The van der Waals surface area contributed by atoms with Crippen molar-refractivity contribution in [2.45, 2.75) is 32.6 Å². The molecule has 0 spiro atoms. The second-order valence-electron chi connectivity index (χ2n) is 6.82. The third-order valence-corrected chi connectivity index (χ3v) is 4.33. The summed E-state index contributed by atoms with van der Waals surface area (Å²) < 4.78 is 0. The molecule has 3 N–H and O–H groups in total. The molecule has 0 radical (unpaired) electrons. The molecule has 1 aromatic heterocycles. The summed E-state index contributed by atoms with van der Waals surface area (Å²) in [6, 6.07) is 9.51. The molecule has 0 atom stereocenters. The maximum absolute atomic E-state index is 12.6. The molecule has 0 aliphatic heterocycles. The molecule has 5 heteroatoms. The van der Waals surface area contributed by atoms with Gasteiger partial charge >= 0.3 is 0 Å². The van der Waals surface area contributed by atoms with Gasteiger partial charge < -0.3 is 11.1 Å². The van der Waals surface area contributed by atoms with Gasteiger partial charge in [-0.2, -0.15) is 0 Å². The van der Waals surface area contributed by atoms with E-state index < -0.39 is 11.3 Å². The molecule has 120 valence electrons. The van der Waals surface area contributed by atoms with Gasteiger partial charge in [0, 0.05) is 23.5 Å². The fraction of sp³-hybridized carbons (Fsp3) is 0.389. The molecule has 0 unspecified atom stereocenters. The monoisotopic (exact) mass is 311 g/mol. The van der Waals surface area contributed by atoms with Gasteiger partial charge in [0.25, 0.3) is 5.91 Å². The minimum atomic E-state index is -0.780. The number of pyridine rings is 1. The van der Waals surface area contributed by atoms with Crippen molar-refractivity contribution in [2.24, 2.45) is 11.1 Å². The minimum absolute atomic E-state index is 0.195. The highest BCUT2D eigenvalue weighted by Crippen LogP contribution is 2.40. The van der Waals surface area contributed by atoms with Crippen molar-refractivity contribution in [3.05, 3.63) is 41.6 Å². The van der Waals surface area contributed by atoms with E-state index in [-0.39, 0.29) is 12.5 Å². The quantitative estimate of drug-likeness (QED) is 0.889. The van der Waals surface area contributed by atoms with Crippen molar-refractivity contribution in [3.8, 4) is 0 Å². The van der Waals surface area contributed by atoms with Gasteiger partial charge in [-0.1, -0.05) is 18.2 Å². The first kappa shape index (κ1) is 15.5. The first-order valence-corrected chi connectivity index (χ1v) is 7.86. The van der Waals surface area contributed by atoms with Crippen molar-refractivity contribution >= 4 is 22.7 Å². The number of rotatable bonds is 5. The zero-order chi connectivity index (χ0) is 16.6. The molecule has 1 aliphatic rings. The highest BCUT2D eigenvalue weighted by atomic mass is 16.2. The third kappa shape index (κ3) is 3.18. The summed E-state index contributed by atoms with van der Waals surface area (Å²) in [5, 5.41) is 3.66. The molecule has 1 fully saturated rings. The number of benzene rings is 1. The Morgan fingerprint density at radius 1 is 1.30 bits per heavy atom. The van der Waals surface area contributed by atoms with E-state index in [0.717, 1.165) is 29.4 Å². The Bertz CT molecular complexity index is 779. The van der Waals surface area contributed by atoms with Crippen LogP contribution >= 0.6 is 0 Å². The summed E-state index contributed by atoms with van der Waals surface area (Å²) in [4.78, 5) is 28.7. The number of nitrogens with two attached hydrogens (primary N) is 1. The van der Waals surface area contributed by atoms with Crippen molar-refractivity contribution in [2.75, 3.05) is 6.54 Å². The van der Waals surface area contributed by atoms with Gasteiger partial charge in [0.15, 0.2) is 0 Å². The van der Waals surface area contributed by atoms with Gasteiger partial charge in [0.1, 0.15) is 0 Å². The molecule has 1 aliphatic carbocycles. The fourth-order valence-electron chi connectivity index (χ4n) is 2.46. The zero-order valence-corrected chi connectivity index (χ0v) is 13.4. The largest absolute Gasteiger partial charge is 0.369 e. The molecular weight excluding hydrogens is 290 g/mol. The summed E-state index contributed by atoms with van der Waals surface area (Å²) in [6.07, 6.45) is 2.25. The normalized spacial score (nSPS) is 14.7. The summed E-state index contributed by atoms with van der Waals surface area (Å²) in [7, 11) is 0. The first-order valence-electron chi connectivity index (χ1n) is 7.86. The number of nitrogens with zero attached hydrogens (tertiary/aromatic N) is 1. The lowest BCUT2D eigenvalue weighted by molar-refractivity contribution is -0.125. The number of para-hydroxylation sites is 1. The van der Waals surface area contributed by atoms with E-state index >= 15 is 0 Å². The molecule has 1 heterocycles. The number of hydrogen-bond acceptors (Lipinski definition) is 3. The molecule has 5 nitrogen and oxygen atoms in total. The number of nitrogens with one attached hydrogen (secondary N) is 1. The SMILES string of the molecule is CC(C)(CNC(=O)c1cc(C2CC2)nc2ccccc12)C(N)=O. The van der Waals surface area contributed by atoms with Crippen molar-refractivity contribution < 1.29 is 9.59 Å². The van der Waals surface area contributed by atoms with Crippen LogP contribution in [-0.2, 0) is 4.79 Å². The van der Waals surface area contributed by atoms with E-state index in [1.54, 1.807) is 13.8 Å². The smallest absolute Gasteiger partial charge is 0.252 e. The standard InChI is InChI=1S/C18H21N3O2/c1-18(2,17(19)23)10-20-16(22)13-9-15(11-7-8-11)21-14-6-4-3-5-12(13)14/h3-6,9,11H,7-8,10H2,1-2H3,(H2,19,23)(H,20,22). The Labute approximate surface area is 135 Å². The van der Waals surface area contributed by atoms with Crippen LogP contribution in [0.3, 0.4) is 0 Å². The van der Waals surface area contributed by atoms with Crippen LogP contribution in [0.2, 0.25) is 0 Å². The molecule has 3 rings (SSSR count). The van der Waals surface area contributed by atoms with Gasteiger partial charge in [-0.25, -0.2) is 0 Å². The van der Waals surface area contributed by atoms with Gasteiger partial charge in [0.05, 0.1) is 16.5 Å². The Hall–Kier alpha value is -2.43. The van der Waals surface area contributed by atoms with Crippen LogP contribution < -0.4 is 11.1 Å². The van der Waals surface area contributed by atoms with Crippen LogP contribution in [0.5, 0.6) is 0 Å². The van der Waals surface area contributed by atoms with E-state index in [9.17, 15) is 9.59 Å². The predicted molar refractivity (Wildman–Crippen MR) is 89.0 cm³/mol. The number of primary amides is 1. The number of fused-ring (bicyclic) bond motifs is 1. The van der Waals surface area contributed by atoms with E-state index in [4.69, 9.17) is 5.73 Å². The summed E-state index contributed by atoms with van der Waals surface area (Å²) in [6.45, 7) is 3.64. The number of carbonyl (C=O) groups excluding carboxylic acids is 2. The molecule has 0 saturated heterocycles. The average molecular weight is 311 g/mol. The van der Waals surface area contributed by atoms with E-state index in [2.05, 4.69) is 10.3 Å². The molecule has 23 heavy (non-hydrogen) atoms. The summed E-state index contributed by atoms with van der Waals surface area (Å²) >= 11 is 0. The van der Waals surface area contributed by atoms with Crippen LogP contribution in [0.1, 0.15) is 48.7 Å². The Morgan fingerprint density at radius 2 is 2.00 bits per heavy atom. The lowest BCUT2D eigenvalue weighted by Gasteiger charge is -2.21. The van der Waals surface area contributed by atoms with E-state index in [1.165, 1.54) is 0 Å². The average Bonchev–Trinajstić information content (AvgIpc) is 3.36. The molecule has 1 aromatic carbocycles. The fourth-order valence-corrected chi connectivity index (χ4v) is 2.46. The topological polar surface area (TPSA) is 85.1 Å². The second-order valence-corrected chi connectivity index (χ2v) is 6.82. The zero-order valence-electron chi connectivity index (χ0n) is 13.4. The summed E-state index contributed by atoms with van der Waals surface area (Å²) in [5.41, 5.74) is 6.99. The van der Waals surface area contributed by atoms with Crippen LogP contribution in [0.25, 0.3) is 10.9 Å². The van der Waals surface area contributed by atoms with Crippen molar-refractivity contribution in [3.63, 3.8) is 0 Å². The minimum Gasteiger partial charge on any atom is -0.369 e. The van der Waals surface area contributed by atoms with Crippen LogP contribution in [0.15, 0.2) is 30.3 Å². The maximum atomic E-state index is 12.6. The van der Waals surface area contributed by atoms with Gasteiger partial charge in [0.2, 0.25) is 5.91 Å². The molecule has 2 amide bonds. The number of aromatic nitrogens is 1. The van der Waals surface area contributed by atoms with Crippen LogP contribution in [0.4, 0.5) is 0 Å². The van der Waals surface area contributed by atoms with Gasteiger partial charge in [-0.15, -0.1) is 0 Å². The van der Waals surface area contributed by atoms with Crippen LogP contribution in [0, 0.1) is 5.41 Å². The van der Waals surface area contributed by atoms with Crippen molar-refractivity contribution in [1.29, 1.82) is 0 Å². The maximum Gasteiger partial charge on any atom is 0.252 e. The molecule has 2 aromatic rings. The highest BCUT2D eigenvalue weighted by Gasteiger charge is 2.28. The highest BCUT2D eigenvalue weighted by molar-refractivity contribution is 6.06. The summed E-state index contributed by atoms with van der Waals surface area (Å²) in [5.74, 6) is -0.163.